The van der Waals surface area contributed by atoms with Crippen molar-refractivity contribution in [2.24, 2.45) is 0 Å². The van der Waals surface area contributed by atoms with Gasteiger partial charge in [0.15, 0.2) is 0 Å². The molecule has 6 heteroatoms. The van der Waals surface area contributed by atoms with Crippen LogP contribution in [-0.4, -0.2) is 57.7 Å². The Hall–Kier alpha value is -2.99. The lowest BCUT2D eigenvalue weighted by Crippen LogP contribution is -2.36. The van der Waals surface area contributed by atoms with Gasteiger partial charge in [-0.15, -0.1) is 0 Å². The van der Waals surface area contributed by atoms with Crippen molar-refractivity contribution in [3.8, 4) is 5.69 Å². The number of aryl methyl sites for hydroxylation is 1. The topological polar surface area (TPSA) is 54.3 Å². The molecule has 0 N–H and O–H groups in total. The van der Waals surface area contributed by atoms with Gasteiger partial charge in [0.1, 0.15) is 0 Å². The smallest absolute Gasteiger partial charge is 0.257 e. The lowest BCUT2D eigenvalue weighted by atomic mass is 10.1. The fraction of sp³-hybridized carbons (Fsp3) is 0.318. The summed E-state index contributed by atoms with van der Waals surface area (Å²) in [6, 6.07) is 11.9. The molecule has 2 aromatic heterocycles. The maximum atomic E-state index is 13.3. The largest absolute Gasteiger partial charge is 0.333 e. The van der Waals surface area contributed by atoms with Gasteiger partial charge in [0, 0.05) is 32.0 Å². The van der Waals surface area contributed by atoms with E-state index >= 15 is 0 Å². The van der Waals surface area contributed by atoms with Crippen LogP contribution in [0.4, 0.5) is 0 Å². The molecule has 146 valence electrons. The quantitative estimate of drug-likeness (QED) is 0.635. The third-order valence-corrected chi connectivity index (χ3v) is 4.78. The highest BCUT2D eigenvalue weighted by Crippen LogP contribution is 2.19. The van der Waals surface area contributed by atoms with Crippen molar-refractivity contribution in [3.63, 3.8) is 0 Å². The van der Waals surface area contributed by atoms with Crippen LogP contribution in [-0.2, 0) is 6.54 Å². The van der Waals surface area contributed by atoms with E-state index in [2.05, 4.69) is 15.0 Å². The van der Waals surface area contributed by atoms with Crippen LogP contribution in [0.2, 0.25) is 0 Å². The Morgan fingerprint density at radius 3 is 2.50 bits per heavy atom. The van der Waals surface area contributed by atoms with Crippen LogP contribution >= 0.6 is 0 Å². The molecule has 0 spiro atoms. The predicted molar refractivity (Wildman–Crippen MR) is 111 cm³/mol. The molecule has 0 aliphatic rings. The van der Waals surface area contributed by atoms with Crippen molar-refractivity contribution in [1.29, 1.82) is 0 Å². The molecule has 0 fully saturated rings. The molecule has 0 bridgehead atoms. The number of hydrogen-bond donors (Lipinski definition) is 0. The Morgan fingerprint density at radius 2 is 1.82 bits per heavy atom. The SMILES string of the molecule is Cc1ccccc1-n1ncc(C(=O)N(CCN(C)C)Cc2cccnc2)c1C. The summed E-state index contributed by atoms with van der Waals surface area (Å²) in [4.78, 5) is 21.5. The summed E-state index contributed by atoms with van der Waals surface area (Å²) in [5.41, 5.74) is 4.60. The molecule has 0 saturated carbocycles. The van der Waals surface area contributed by atoms with E-state index in [1.54, 1.807) is 18.6 Å². The number of hydrogen-bond acceptors (Lipinski definition) is 4. The first-order valence-corrected chi connectivity index (χ1v) is 9.41. The van der Waals surface area contributed by atoms with Crippen molar-refractivity contribution in [1.82, 2.24) is 24.6 Å². The summed E-state index contributed by atoms with van der Waals surface area (Å²) in [5, 5.41) is 4.50. The zero-order chi connectivity index (χ0) is 20.1. The van der Waals surface area contributed by atoms with Gasteiger partial charge in [0.2, 0.25) is 0 Å². The molecule has 2 heterocycles. The number of rotatable bonds is 7. The standard InChI is InChI=1S/C22H27N5O/c1-17-8-5-6-10-21(17)27-18(2)20(15-24-27)22(28)26(13-12-25(3)4)16-19-9-7-11-23-14-19/h5-11,14-15H,12-13,16H2,1-4H3. The number of pyridine rings is 1. The van der Waals surface area contributed by atoms with Crippen LogP contribution in [0.3, 0.4) is 0 Å². The molecule has 0 saturated heterocycles. The van der Waals surface area contributed by atoms with E-state index in [1.807, 2.05) is 73.9 Å². The molecule has 1 amide bonds. The van der Waals surface area contributed by atoms with Crippen LogP contribution in [0.5, 0.6) is 0 Å². The molecule has 0 atom stereocenters. The minimum Gasteiger partial charge on any atom is -0.333 e. The van der Waals surface area contributed by atoms with E-state index in [0.717, 1.165) is 29.1 Å². The van der Waals surface area contributed by atoms with Gasteiger partial charge < -0.3 is 9.80 Å². The van der Waals surface area contributed by atoms with Crippen LogP contribution in [0.15, 0.2) is 55.0 Å². The van der Waals surface area contributed by atoms with Gasteiger partial charge in [-0.25, -0.2) is 4.68 Å². The Morgan fingerprint density at radius 1 is 1.04 bits per heavy atom. The number of benzene rings is 1. The first-order valence-electron chi connectivity index (χ1n) is 9.41. The van der Waals surface area contributed by atoms with Gasteiger partial charge in [-0.05, 0) is 51.2 Å². The Balaban J connectivity index is 1.89. The van der Waals surface area contributed by atoms with Crippen molar-refractivity contribution < 1.29 is 4.79 Å². The maximum Gasteiger partial charge on any atom is 0.257 e. The molecular formula is C22H27N5O. The van der Waals surface area contributed by atoms with Crippen molar-refractivity contribution in [2.45, 2.75) is 20.4 Å². The number of carbonyl (C=O) groups is 1. The fourth-order valence-corrected chi connectivity index (χ4v) is 3.12. The summed E-state index contributed by atoms with van der Waals surface area (Å²) >= 11 is 0. The second-order valence-electron chi connectivity index (χ2n) is 7.23. The number of nitrogens with zero attached hydrogens (tertiary/aromatic N) is 5. The molecule has 0 aliphatic carbocycles. The van der Waals surface area contributed by atoms with E-state index < -0.39 is 0 Å². The first kappa shape index (κ1) is 19.8. The second-order valence-corrected chi connectivity index (χ2v) is 7.23. The highest BCUT2D eigenvalue weighted by molar-refractivity contribution is 5.95. The van der Waals surface area contributed by atoms with E-state index in [-0.39, 0.29) is 5.91 Å². The lowest BCUT2D eigenvalue weighted by Gasteiger charge is -2.24. The van der Waals surface area contributed by atoms with E-state index in [4.69, 9.17) is 0 Å². The minimum absolute atomic E-state index is 0.0111. The zero-order valence-electron chi connectivity index (χ0n) is 17.0. The lowest BCUT2D eigenvalue weighted by molar-refractivity contribution is 0.0731. The third kappa shape index (κ3) is 4.46. The summed E-state index contributed by atoms with van der Waals surface area (Å²) in [7, 11) is 4.02. The summed E-state index contributed by atoms with van der Waals surface area (Å²) in [6.07, 6.45) is 5.22. The summed E-state index contributed by atoms with van der Waals surface area (Å²) < 4.78 is 1.84. The van der Waals surface area contributed by atoms with Gasteiger partial charge >= 0.3 is 0 Å². The molecule has 0 unspecified atom stereocenters. The number of para-hydroxylation sites is 1. The molecule has 0 radical (unpaired) electrons. The van der Waals surface area contributed by atoms with Gasteiger partial charge in [-0.3, -0.25) is 9.78 Å². The van der Waals surface area contributed by atoms with E-state index in [1.165, 1.54) is 0 Å². The molecule has 3 aromatic rings. The Bertz CT molecular complexity index is 933. The van der Waals surface area contributed by atoms with Crippen molar-refractivity contribution >= 4 is 5.91 Å². The summed E-state index contributed by atoms with van der Waals surface area (Å²) in [6.45, 7) is 5.94. The van der Waals surface area contributed by atoms with E-state index in [9.17, 15) is 4.79 Å². The zero-order valence-corrected chi connectivity index (χ0v) is 17.0. The number of amides is 1. The Labute approximate surface area is 166 Å². The normalized spacial score (nSPS) is 11.0. The number of carbonyl (C=O) groups excluding carboxylic acids is 1. The van der Waals surface area contributed by atoms with Gasteiger partial charge in [-0.1, -0.05) is 24.3 Å². The minimum atomic E-state index is -0.0111. The van der Waals surface area contributed by atoms with Crippen LogP contribution in [0.1, 0.15) is 27.2 Å². The monoisotopic (exact) mass is 377 g/mol. The summed E-state index contributed by atoms with van der Waals surface area (Å²) in [5.74, 6) is -0.0111. The van der Waals surface area contributed by atoms with Crippen LogP contribution < -0.4 is 0 Å². The molecule has 3 rings (SSSR count). The molecule has 0 aliphatic heterocycles. The Kier molecular flexibility index (Phi) is 6.21. The highest BCUT2D eigenvalue weighted by Gasteiger charge is 2.22. The van der Waals surface area contributed by atoms with Gasteiger partial charge in [0.05, 0.1) is 23.1 Å². The second kappa shape index (κ2) is 8.80. The number of aromatic nitrogens is 3. The molecule has 6 nitrogen and oxygen atoms in total. The third-order valence-electron chi connectivity index (χ3n) is 4.78. The molecule has 1 aromatic carbocycles. The predicted octanol–water partition coefficient (Wildman–Crippen LogP) is 3.09. The van der Waals surface area contributed by atoms with Gasteiger partial charge in [0.25, 0.3) is 5.91 Å². The van der Waals surface area contributed by atoms with Crippen molar-refractivity contribution in [2.75, 3.05) is 27.2 Å². The van der Waals surface area contributed by atoms with E-state index in [0.29, 0.717) is 18.7 Å². The first-order chi connectivity index (χ1) is 13.5. The highest BCUT2D eigenvalue weighted by atomic mass is 16.2. The maximum absolute atomic E-state index is 13.3. The van der Waals surface area contributed by atoms with Gasteiger partial charge in [-0.2, -0.15) is 5.10 Å². The number of likely N-dealkylation sites (N-methyl/N-ethyl adjacent to an activating group) is 1. The van der Waals surface area contributed by atoms with Crippen LogP contribution in [0.25, 0.3) is 5.69 Å². The van der Waals surface area contributed by atoms with Crippen LogP contribution in [0, 0.1) is 13.8 Å². The molecular weight excluding hydrogens is 350 g/mol. The van der Waals surface area contributed by atoms with Crippen molar-refractivity contribution in [3.05, 3.63) is 77.4 Å². The molecule has 28 heavy (non-hydrogen) atoms. The average Bonchev–Trinajstić information content (AvgIpc) is 3.07. The fourth-order valence-electron chi connectivity index (χ4n) is 3.12. The average molecular weight is 377 g/mol.